The Bertz CT molecular complexity index is 250. The molecule has 0 rings (SSSR count). The molecule has 0 aliphatic heterocycles. The summed E-state index contributed by atoms with van der Waals surface area (Å²) in [5.74, 6) is 0.490. The van der Waals surface area contributed by atoms with E-state index in [1.165, 1.54) is 0 Å². The van der Waals surface area contributed by atoms with E-state index in [2.05, 4.69) is 55.4 Å². The fourth-order valence-corrected chi connectivity index (χ4v) is 2.76. The molecule has 0 spiro atoms. The SMILES string of the molecule is CC(C)C(C)(CC(C)(C)C)OC(C)(C)CCCCO. The van der Waals surface area contributed by atoms with E-state index < -0.39 is 0 Å². The normalized spacial score (nSPS) is 16.7. The maximum absolute atomic E-state index is 8.90. The fourth-order valence-electron chi connectivity index (χ4n) is 2.76. The third-order valence-corrected chi connectivity index (χ3v) is 3.80. The minimum Gasteiger partial charge on any atom is -0.396 e. The highest BCUT2D eigenvalue weighted by Crippen LogP contribution is 2.39. The van der Waals surface area contributed by atoms with E-state index in [-0.39, 0.29) is 23.2 Å². The van der Waals surface area contributed by atoms with Crippen molar-refractivity contribution in [3.05, 3.63) is 0 Å². The Morgan fingerprint density at radius 3 is 1.84 bits per heavy atom. The van der Waals surface area contributed by atoms with E-state index in [0.29, 0.717) is 5.92 Å². The van der Waals surface area contributed by atoms with Crippen molar-refractivity contribution in [2.45, 2.75) is 92.3 Å². The molecule has 19 heavy (non-hydrogen) atoms. The summed E-state index contributed by atoms with van der Waals surface area (Å²) >= 11 is 0. The Balaban J connectivity index is 4.73. The number of aliphatic hydroxyl groups excluding tert-OH is 1. The molecule has 0 amide bonds. The van der Waals surface area contributed by atoms with E-state index in [9.17, 15) is 0 Å². The minimum absolute atomic E-state index is 0.0963. The standard InChI is InChI=1S/C17H36O2/c1-14(2)17(8,13-15(3,4)5)19-16(6,7)11-9-10-12-18/h14,18H,9-13H2,1-8H3. The zero-order valence-electron chi connectivity index (χ0n) is 14.5. The molecule has 0 aliphatic rings. The number of rotatable bonds is 8. The molecule has 116 valence electrons. The lowest BCUT2D eigenvalue weighted by molar-refractivity contribution is -0.170. The van der Waals surface area contributed by atoms with Crippen molar-refractivity contribution in [3.63, 3.8) is 0 Å². The first-order chi connectivity index (χ1) is 8.42. The van der Waals surface area contributed by atoms with Gasteiger partial charge in [-0.2, -0.15) is 0 Å². The fraction of sp³-hybridized carbons (Fsp3) is 1.00. The summed E-state index contributed by atoms with van der Waals surface area (Å²) in [6.07, 6.45) is 3.94. The third kappa shape index (κ3) is 7.94. The number of unbranched alkanes of at least 4 members (excludes halogenated alkanes) is 1. The lowest BCUT2D eigenvalue weighted by Gasteiger charge is -2.44. The van der Waals surface area contributed by atoms with Crippen LogP contribution in [0.5, 0.6) is 0 Å². The lowest BCUT2D eigenvalue weighted by Crippen LogP contribution is -2.45. The monoisotopic (exact) mass is 272 g/mol. The Hall–Kier alpha value is -0.0800. The van der Waals surface area contributed by atoms with Crippen LogP contribution in [-0.2, 0) is 4.74 Å². The molecule has 0 saturated heterocycles. The zero-order valence-corrected chi connectivity index (χ0v) is 14.5. The van der Waals surface area contributed by atoms with Crippen LogP contribution in [0.25, 0.3) is 0 Å². The number of aliphatic hydroxyl groups is 1. The van der Waals surface area contributed by atoms with E-state index in [1.807, 2.05) is 0 Å². The molecule has 0 saturated carbocycles. The van der Waals surface area contributed by atoms with Gasteiger partial charge in [0.25, 0.3) is 0 Å². The molecular formula is C17H36O2. The van der Waals surface area contributed by atoms with Crippen molar-refractivity contribution in [1.29, 1.82) is 0 Å². The highest BCUT2D eigenvalue weighted by molar-refractivity contribution is 4.87. The topological polar surface area (TPSA) is 29.5 Å². The van der Waals surface area contributed by atoms with Gasteiger partial charge < -0.3 is 9.84 Å². The molecule has 0 aromatic rings. The lowest BCUT2D eigenvalue weighted by atomic mass is 9.76. The molecule has 0 heterocycles. The van der Waals surface area contributed by atoms with Crippen molar-refractivity contribution in [3.8, 4) is 0 Å². The smallest absolute Gasteiger partial charge is 0.0689 e. The predicted molar refractivity (Wildman–Crippen MR) is 83.4 cm³/mol. The van der Waals surface area contributed by atoms with Crippen LogP contribution in [-0.4, -0.2) is 22.9 Å². The Morgan fingerprint density at radius 1 is 0.947 bits per heavy atom. The van der Waals surface area contributed by atoms with Crippen molar-refractivity contribution >= 4 is 0 Å². The second kappa shape index (κ2) is 7.08. The first-order valence-electron chi connectivity index (χ1n) is 7.73. The van der Waals surface area contributed by atoms with E-state index in [0.717, 1.165) is 25.7 Å². The first kappa shape index (κ1) is 18.9. The number of hydrogen-bond donors (Lipinski definition) is 1. The average molecular weight is 272 g/mol. The summed E-state index contributed by atoms with van der Waals surface area (Å²) in [7, 11) is 0. The maximum atomic E-state index is 8.90. The molecule has 2 nitrogen and oxygen atoms in total. The van der Waals surface area contributed by atoms with Gasteiger partial charge in [-0.1, -0.05) is 34.6 Å². The van der Waals surface area contributed by atoms with Crippen LogP contribution in [0.3, 0.4) is 0 Å². The molecule has 2 heteroatoms. The zero-order chi connectivity index (χ0) is 15.3. The number of hydrogen-bond acceptors (Lipinski definition) is 2. The van der Waals surface area contributed by atoms with E-state index in [1.54, 1.807) is 0 Å². The van der Waals surface area contributed by atoms with Gasteiger partial charge >= 0.3 is 0 Å². The van der Waals surface area contributed by atoms with Crippen LogP contribution >= 0.6 is 0 Å². The quantitative estimate of drug-likeness (QED) is 0.643. The molecule has 1 unspecified atom stereocenters. The van der Waals surface area contributed by atoms with Crippen molar-refractivity contribution in [2.75, 3.05) is 6.61 Å². The van der Waals surface area contributed by atoms with Gasteiger partial charge in [0.2, 0.25) is 0 Å². The average Bonchev–Trinajstić information content (AvgIpc) is 2.13. The molecule has 0 aliphatic carbocycles. The Labute approximate surface area is 120 Å². The van der Waals surface area contributed by atoms with Crippen molar-refractivity contribution < 1.29 is 9.84 Å². The molecule has 0 radical (unpaired) electrons. The molecule has 1 N–H and O–H groups in total. The van der Waals surface area contributed by atoms with Crippen LogP contribution in [0.2, 0.25) is 0 Å². The van der Waals surface area contributed by atoms with Gasteiger partial charge in [0.05, 0.1) is 11.2 Å². The van der Waals surface area contributed by atoms with E-state index >= 15 is 0 Å². The van der Waals surface area contributed by atoms with Crippen molar-refractivity contribution in [1.82, 2.24) is 0 Å². The highest BCUT2D eigenvalue weighted by atomic mass is 16.5. The first-order valence-corrected chi connectivity index (χ1v) is 7.73. The molecule has 0 aromatic heterocycles. The summed E-state index contributed by atoms with van der Waals surface area (Å²) in [6.45, 7) is 18.2. The minimum atomic E-state index is -0.126. The summed E-state index contributed by atoms with van der Waals surface area (Å²) in [6, 6.07) is 0. The second-order valence-electron chi connectivity index (χ2n) is 8.25. The van der Waals surface area contributed by atoms with Crippen LogP contribution in [0.4, 0.5) is 0 Å². The summed E-state index contributed by atoms with van der Waals surface area (Å²) in [5, 5.41) is 8.90. The highest BCUT2D eigenvalue weighted by Gasteiger charge is 2.38. The van der Waals surface area contributed by atoms with Gasteiger partial charge in [0.15, 0.2) is 0 Å². The molecule has 0 fully saturated rings. The maximum Gasteiger partial charge on any atom is 0.0689 e. The van der Waals surface area contributed by atoms with Crippen LogP contribution in [0, 0.1) is 11.3 Å². The van der Waals surface area contributed by atoms with Gasteiger partial charge in [-0.05, 0) is 57.8 Å². The van der Waals surface area contributed by atoms with Gasteiger partial charge in [-0.25, -0.2) is 0 Å². The molecule has 1 atom stereocenters. The van der Waals surface area contributed by atoms with Gasteiger partial charge in [0.1, 0.15) is 0 Å². The Morgan fingerprint density at radius 2 is 1.47 bits per heavy atom. The predicted octanol–water partition coefficient (Wildman–Crippen LogP) is 4.80. The second-order valence-corrected chi connectivity index (χ2v) is 8.25. The summed E-state index contributed by atoms with van der Waals surface area (Å²) in [5.41, 5.74) is 0.0423. The summed E-state index contributed by atoms with van der Waals surface area (Å²) < 4.78 is 6.53. The van der Waals surface area contributed by atoms with Crippen LogP contribution in [0.1, 0.15) is 81.1 Å². The van der Waals surface area contributed by atoms with Gasteiger partial charge in [-0.3, -0.25) is 0 Å². The van der Waals surface area contributed by atoms with Gasteiger partial charge in [-0.15, -0.1) is 0 Å². The third-order valence-electron chi connectivity index (χ3n) is 3.80. The van der Waals surface area contributed by atoms with Crippen LogP contribution < -0.4 is 0 Å². The molecule has 0 bridgehead atoms. The van der Waals surface area contributed by atoms with Crippen LogP contribution in [0.15, 0.2) is 0 Å². The number of ether oxygens (including phenoxy) is 1. The largest absolute Gasteiger partial charge is 0.396 e. The van der Waals surface area contributed by atoms with E-state index in [4.69, 9.17) is 9.84 Å². The van der Waals surface area contributed by atoms with Gasteiger partial charge in [0, 0.05) is 6.61 Å². The molecular weight excluding hydrogens is 236 g/mol. The Kier molecular flexibility index (Phi) is 7.05. The summed E-state index contributed by atoms with van der Waals surface area (Å²) in [4.78, 5) is 0. The van der Waals surface area contributed by atoms with Crippen molar-refractivity contribution in [2.24, 2.45) is 11.3 Å². The molecule has 0 aromatic carbocycles.